The number of hydrogen-bond acceptors (Lipinski definition) is 4. The lowest BCUT2D eigenvalue weighted by molar-refractivity contribution is -0.116. The number of pyridine rings is 1. The zero-order valence-electron chi connectivity index (χ0n) is 19.0. The fourth-order valence-electron chi connectivity index (χ4n) is 4.23. The van der Waals surface area contributed by atoms with Crippen LogP contribution in [0.4, 0.5) is 10.1 Å². The zero-order valence-corrected chi connectivity index (χ0v) is 21.4. The van der Waals surface area contributed by atoms with Crippen molar-refractivity contribution >= 4 is 44.9 Å². The highest BCUT2D eigenvalue weighted by Gasteiger charge is 2.41. The first-order valence-corrected chi connectivity index (χ1v) is 12.6. The Labute approximate surface area is 221 Å². The van der Waals surface area contributed by atoms with Crippen molar-refractivity contribution in [2.24, 2.45) is 0 Å². The molecule has 2 aromatic heterocycles. The maximum atomic E-state index is 14.0. The number of aromatic nitrogens is 1. The number of anilines is 1. The van der Waals surface area contributed by atoms with E-state index in [1.54, 1.807) is 18.3 Å². The number of furan rings is 1. The van der Waals surface area contributed by atoms with Gasteiger partial charge in [0.05, 0.1) is 17.4 Å². The largest absolute Gasteiger partial charge is 0.459 e. The molecule has 2 atom stereocenters. The van der Waals surface area contributed by atoms with Crippen LogP contribution in [-0.2, 0) is 4.79 Å². The van der Waals surface area contributed by atoms with Gasteiger partial charge < -0.3 is 20.0 Å². The topological polar surface area (TPSA) is 70.4 Å². The summed E-state index contributed by atoms with van der Waals surface area (Å²) in [6.07, 6.45) is 1.85. The number of benzene rings is 2. The molecule has 0 bridgehead atoms. The van der Waals surface area contributed by atoms with E-state index < -0.39 is 5.82 Å². The molecule has 9 heteroatoms. The Hall–Kier alpha value is -3.56. The summed E-state index contributed by atoms with van der Waals surface area (Å²) in [7, 11) is 0. The molecule has 182 valence electrons. The third-order valence-electron chi connectivity index (χ3n) is 5.97. The molecule has 1 amide bonds. The number of halogens is 2. The molecule has 0 radical (unpaired) electrons. The molecular weight excluding hydrogens is 543 g/mol. The summed E-state index contributed by atoms with van der Waals surface area (Å²) in [5, 5.41) is 6.47. The Morgan fingerprint density at radius 1 is 1.08 bits per heavy atom. The quantitative estimate of drug-likeness (QED) is 0.259. The lowest BCUT2D eigenvalue weighted by atomic mass is 10.0. The van der Waals surface area contributed by atoms with E-state index in [9.17, 15) is 9.18 Å². The van der Waals surface area contributed by atoms with Crippen LogP contribution in [0.1, 0.15) is 30.0 Å². The van der Waals surface area contributed by atoms with Gasteiger partial charge in [0, 0.05) is 29.2 Å². The molecule has 2 N–H and O–H groups in total. The number of amides is 1. The van der Waals surface area contributed by atoms with Crippen LogP contribution in [-0.4, -0.2) is 27.4 Å². The van der Waals surface area contributed by atoms with Gasteiger partial charge >= 0.3 is 0 Å². The highest BCUT2D eigenvalue weighted by molar-refractivity contribution is 9.10. The van der Waals surface area contributed by atoms with E-state index in [1.165, 1.54) is 12.1 Å². The van der Waals surface area contributed by atoms with E-state index >= 15 is 0 Å². The molecule has 1 aliphatic heterocycles. The highest BCUT2D eigenvalue weighted by Crippen LogP contribution is 2.40. The Kier molecular flexibility index (Phi) is 7.11. The Balaban J connectivity index is 1.40. The van der Waals surface area contributed by atoms with Crippen LogP contribution in [0, 0.1) is 5.82 Å². The van der Waals surface area contributed by atoms with E-state index in [2.05, 4.69) is 31.5 Å². The second-order valence-electron chi connectivity index (χ2n) is 8.31. The third-order valence-corrected chi connectivity index (χ3v) is 6.85. The van der Waals surface area contributed by atoms with Crippen molar-refractivity contribution in [2.75, 3.05) is 11.9 Å². The molecule has 4 aromatic rings. The zero-order chi connectivity index (χ0) is 25.1. The molecule has 0 saturated carbocycles. The van der Waals surface area contributed by atoms with Gasteiger partial charge in [-0.3, -0.25) is 9.78 Å². The Morgan fingerprint density at radius 3 is 2.61 bits per heavy atom. The van der Waals surface area contributed by atoms with Crippen molar-refractivity contribution in [3.63, 3.8) is 0 Å². The molecular formula is C27H22BrFN4O2S. The van der Waals surface area contributed by atoms with Crippen molar-refractivity contribution in [1.29, 1.82) is 0 Å². The minimum Gasteiger partial charge on any atom is -0.459 e. The number of carbonyl (C=O) groups excluding carboxylic acids is 1. The van der Waals surface area contributed by atoms with Gasteiger partial charge in [0.25, 0.3) is 0 Å². The number of nitrogens with one attached hydrogen (secondary N) is 2. The number of thiocarbonyl (C=S) groups is 1. The average Bonchev–Trinajstić information content (AvgIpc) is 3.50. The number of para-hydroxylation sites is 1. The maximum absolute atomic E-state index is 14.0. The molecule has 1 fully saturated rings. The van der Waals surface area contributed by atoms with Crippen LogP contribution in [0.2, 0.25) is 0 Å². The normalized spacial score (nSPS) is 17.2. The minimum atomic E-state index is -0.478. The van der Waals surface area contributed by atoms with Crippen LogP contribution < -0.4 is 10.6 Å². The Morgan fingerprint density at radius 2 is 1.86 bits per heavy atom. The lowest BCUT2D eigenvalue weighted by Gasteiger charge is -2.25. The molecule has 0 spiro atoms. The molecule has 1 aliphatic rings. The van der Waals surface area contributed by atoms with Gasteiger partial charge in [-0.15, -0.1) is 0 Å². The molecule has 0 aliphatic carbocycles. The smallest absolute Gasteiger partial charge is 0.226 e. The molecule has 5 rings (SSSR count). The monoisotopic (exact) mass is 564 g/mol. The molecule has 0 unspecified atom stereocenters. The molecule has 36 heavy (non-hydrogen) atoms. The number of carbonyl (C=O) groups is 1. The number of nitrogens with zero attached hydrogens (tertiary/aromatic N) is 2. The van der Waals surface area contributed by atoms with Crippen molar-refractivity contribution in [3.8, 4) is 11.3 Å². The second-order valence-corrected chi connectivity index (χ2v) is 9.61. The van der Waals surface area contributed by atoms with Gasteiger partial charge in [-0.2, -0.15) is 0 Å². The third kappa shape index (κ3) is 5.17. The maximum Gasteiger partial charge on any atom is 0.226 e. The molecule has 6 nitrogen and oxygen atoms in total. The summed E-state index contributed by atoms with van der Waals surface area (Å²) in [4.78, 5) is 19.1. The fourth-order valence-corrected chi connectivity index (χ4v) is 4.83. The fraction of sp³-hybridized carbons (Fsp3) is 0.148. The van der Waals surface area contributed by atoms with E-state index in [0.717, 1.165) is 21.5 Å². The molecule has 2 aromatic carbocycles. The van der Waals surface area contributed by atoms with Crippen LogP contribution in [0.3, 0.4) is 0 Å². The molecule has 3 heterocycles. The lowest BCUT2D eigenvalue weighted by Crippen LogP contribution is -2.32. The van der Waals surface area contributed by atoms with Gasteiger partial charge in [0.1, 0.15) is 23.4 Å². The summed E-state index contributed by atoms with van der Waals surface area (Å²) in [5.41, 5.74) is 1.91. The van der Waals surface area contributed by atoms with Gasteiger partial charge in [0.2, 0.25) is 5.91 Å². The van der Waals surface area contributed by atoms with Crippen LogP contribution in [0.5, 0.6) is 0 Å². The van der Waals surface area contributed by atoms with E-state index in [0.29, 0.717) is 17.4 Å². The second kappa shape index (κ2) is 10.6. The van der Waals surface area contributed by atoms with Crippen LogP contribution >= 0.6 is 28.1 Å². The van der Waals surface area contributed by atoms with Gasteiger partial charge in [0.15, 0.2) is 5.11 Å². The first kappa shape index (κ1) is 24.1. The summed E-state index contributed by atoms with van der Waals surface area (Å²) < 4.78 is 21.3. The van der Waals surface area contributed by atoms with Gasteiger partial charge in [-0.05, 0) is 60.7 Å². The van der Waals surface area contributed by atoms with E-state index in [1.807, 2.05) is 59.5 Å². The summed E-state index contributed by atoms with van der Waals surface area (Å²) in [6.45, 7) is 0.314. The first-order chi connectivity index (χ1) is 17.5. The van der Waals surface area contributed by atoms with Crippen LogP contribution in [0.25, 0.3) is 11.3 Å². The highest BCUT2D eigenvalue weighted by atomic mass is 79.9. The van der Waals surface area contributed by atoms with Crippen molar-refractivity contribution in [3.05, 3.63) is 107 Å². The van der Waals surface area contributed by atoms with E-state index in [-0.39, 0.29) is 30.1 Å². The van der Waals surface area contributed by atoms with Gasteiger partial charge in [-0.1, -0.05) is 46.3 Å². The van der Waals surface area contributed by atoms with Crippen LogP contribution in [0.15, 0.2) is 93.9 Å². The minimum absolute atomic E-state index is 0.113. The predicted molar refractivity (Wildman–Crippen MR) is 144 cm³/mol. The summed E-state index contributed by atoms with van der Waals surface area (Å²) >= 11 is 9.12. The Bertz CT molecular complexity index is 1380. The molecule has 1 saturated heterocycles. The van der Waals surface area contributed by atoms with E-state index in [4.69, 9.17) is 16.6 Å². The SMILES string of the molecule is O=C(CCN1C(=S)N[C@@H](c2ccccn2)[C@H]1c1ccc(-c2ccc(Br)cc2)o1)Nc1ccccc1F. The van der Waals surface area contributed by atoms with Crippen molar-refractivity contribution in [2.45, 2.75) is 18.5 Å². The average molecular weight is 565 g/mol. The summed E-state index contributed by atoms with van der Waals surface area (Å²) in [6, 6.07) is 22.9. The standard InChI is InChI=1S/C27H22BrFN4O2S/c28-18-10-8-17(9-11-18)22-12-13-23(35-22)26-25(21-7-3-4-15-30-21)32-27(36)33(26)16-14-24(34)31-20-6-2-1-5-19(20)29/h1-13,15,25-26H,14,16H2,(H,31,34)(H,32,36)/t25-,26+/m0/s1. The predicted octanol–water partition coefficient (Wildman–Crippen LogP) is 6.24. The number of rotatable bonds is 7. The first-order valence-electron chi connectivity index (χ1n) is 11.4. The van der Waals surface area contributed by atoms with Crippen molar-refractivity contribution < 1.29 is 13.6 Å². The number of hydrogen-bond donors (Lipinski definition) is 2. The van der Waals surface area contributed by atoms with Crippen molar-refractivity contribution in [1.82, 2.24) is 15.2 Å². The summed E-state index contributed by atoms with van der Waals surface area (Å²) in [5.74, 6) is 0.643. The van der Waals surface area contributed by atoms with Gasteiger partial charge in [-0.25, -0.2) is 4.39 Å².